The molecular weight excluding hydrogens is 464 g/mol. The first-order valence-corrected chi connectivity index (χ1v) is 12.5. The first kappa shape index (κ1) is 22.7. The number of amidine groups is 2. The summed E-state index contributed by atoms with van der Waals surface area (Å²) in [5, 5.41) is 13.5. The monoisotopic (exact) mass is 484 g/mol. The van der Waals surface area contributed by atoms with Crippen LogP contribution >= 0.6 is 11.8 Å². The van der Waals surface area contributed by atoms with E-state index in [2.05, 4.69) is 10.1 Å². The van der Waals surface area contributed by atoms with Crippen LogP contribution in [-0.4, -0.2) is 53.7 Å². The molecule has 0 saturated heterocycles. The summed E-state index contributed by atoms with van der Waals surface area (Å²) >= 11 is 0.774. The molecule has 33 heavy (non-hydrogen) atoms. The van der Waals surface area contributed by atoms with Crippen molar-refractivity contribution in [2.45, 2.75) is 6.92 Å². The fourth-order valence-electron chi connectivity index (χ4n) is 2.89. The molecule has 1 N–H and O–H groups in total. The zero-order valence-electron chi connectivity index (χ0n) is 17.6. The number of carbonyl (C=O) groups is 1. The van der Waals surface area contributed by atoms with Crippen molar-refractivity contribution < 1.29 is 22.7 Å². The molecule has 0 spiro atoms. The normalized spacial score (nSPS) is 17.0. The molecule has 0 aromatic heterocycles. The van der Waals surface area contributed by atoms with Crippen LogP contribution in [0.25, 0.3) is 6.08 Å². The van der Waals surface area contributed by atoms with Crippen molar-refractivity contribution in [2.75, 3.05) is 19.0 Å². The summed E-state index contributed by atoms with van der Waals surface area (Å²) in [5.41, 5.74) is 0.676. The number of fused-ring (bicyclic) bond motifs is 1. The van der Waals surface area contributed by atoms with Crippen molar-refractivity contribution >= 4 is 49.0 Å². The van der Waals surface area contributed by atoms with Gasteiger partial charge in [-0.05, 0) is 47.7 Å². The zero-order valence-corrected chi connectivity index (χ0v) is 19.2. The average molecular weight is 485 g/mol. The third kappa shape index (κ3) is 5.15. The van der Waals surface area contributed by atoms with Gasteiger partial charge in [0.1, 0.15) is 24.7 Å². The van der Waals surface area contributed by atoms with E-state index in [0.717, 1.165) is 22.5 Å². The minimum atomic E-state index is -3.56. The molecule has 0 atom stereocenters. The summed E-state index contributed by atoms with van der Waals surface area (Å²) in [6.45, 7) is 2.26. The molecule has 0 radical (unpaired) electrons. The molecule has 4 rings (SSSR count). The number of hydrogen-bond donors (Lipinski definition) is 1. The van der Waals surface area contributed by atoms with Gasteiger partial charge in [-0.2, -0.15) is 10.0 Å². The van der Waals surface area contributed by atoms with E-state index in [1.165, 1.54) is 13.0 Å². The minimum absolute atomic E-state index is 0.0168. The number of thioether (sulfide) groups is 1. The van der Waals surface area contributed by atoms with Gasteiger partial charge in [0, 0.05) is 0 Å². The molecule has 2 aliphatic rings. The van der Waals surface area contributed by atoms with Crippen LogP contribution < -0.4 is 9.47 Å². The number of nitrogens with one attached hydrogen (secondary N) is 1. The summed E-state index contributed by atoms with van der Waals surface area (Å²) in [5.74, 6) is 0.430. The Morgan fingerprint density at radius 2 is 1.67 bits per heavy atom. The Kier molecular flexibility index (Phi) is 6.61. The van der Waals surface area contributed by atoms with Gasteiger partial charge in [-0.1, -0.05) is 37.3 Å². The number of sulfone groups is 1. The van der Waals surface area contributed by atoms with Crippen molar-refractivity contribution in [3.05, 3.63) is 65.7 Å². The Labute approximate surface area is 195 Å². The van der Waals surface area contributed by atoms with Gasteiger partial charge in [-0.25, -0.2) is 8.42 Å². The van der Waals surface area contributed by atoms with E-state index in [9.17, 15) is 13.2 Å². The van der Waals surface area contributed by atoms with Crippen molar-refractivity contribution in [1.29, 1.82) is 5.41 Å². The number of ether oxygens (including phenoxy) is 2. The lowest BCUT2D eigenvalue weighted by molar-refractivity contribution is -0.114. The molecule has 2 aromatic rings. The lowest BCUT2D eigenvalue weighted by atomic mass is 10.1. The third-order valence-electron chi connectivity index (χ3n) is 4.64. The van der Waals surface area contributed by atoms with E-state index in [1.54, 1.807) is 24.3 Å². The molecule has 2 aliphatic heterocycles. The highest BCUT2D eigenvalue weighted by molar-refractivity contribution is 8.42. The first-order valence-electron chi connectivity index (χ1n) is 10.0. The number of para-hydroxylation sites is 1. The zero-order chi connectivity index (χ0) is 23.4. The van der Waals surface area contributed by atoms with Crippen LogP contribution in [0.3, 0.4) is 0 Å². The Balaban J connectivity index is 1.40. The highest BCUT2D eigenvalue weighted by Crippen LogP contribution is 2.30. The quantitative estimate of drug-likeness (QED) is 0.473. The van der Waals surface area contributed by atoms with Crippen molar-refractivity contribution in [2.24, 2.45) is 10.1 Å². The van der Waals surface area contributed by atoms with Gasteiger partial charge in [0.05, 0.1) is 11.3 Å². The fourth-order valence-corrected chi connectivity index (χ4v) is 5.05. The Morgan fingerprint density at radius 1 is 1.03 bits per heavy atom. The largest absolute Gasteiger partial charge is 0.490 e. The maximum Gasteiger partial charge on any atom is 0.283 e. The van der Waals surface area contributed by atoms with Gasteiger partial charge in [0.2, 0.25) is 19.4 Å². The average Bonchev–Trinajstić information content (AvgIpc) is 3.26. The number of hydrazone groups is 1. The highest BCUT2D eigenvalue weighted by atomic mass is 32.3. The van der Waals surface area contributed by atoms with Gasteiger partial charge in [-0.15, -0.1) is 5.10 Å². The molecule has 0 saturated carbocycles. The van der Waals surface area contributed by atoms with E-state index in [1.807, 2.05) is 30.3 Å². The van der Waals surface area contributed by atoms with Crippen LogP contribution in [0.15, 0.2) is 70.3 Å². The van der Waals surface area contributed by atoms with Crippen LogP contribution in [-0.2, 0) is 14.6 Å². The summed E-state index contributed by atoms with van der Waals surface area (Å²) in [6.07, 6.45) is 1.51. The van der Waals surface area contributed by atoms with Crippen molar-refractivity contribution in [1.82, 2.24) is 5.01 Å². The van der Waals surface area contributed by atoms with E-state index >= 15 is 0 Å². The van der Waals surface area contributed by atoms with E-state index in [4.69, 9.17) is 14.9 Å². The Bertz CT molecular complexity index is 1270. The summed E-state index contributed by atoms with van der Waals surface area (Å²) in [6, 6.07) is 16.4. The molecule has 0 aliphatic carbocycles. The van der Waals surface area contributed by atoms with Crippen LogP contribution in [0, 0.1) is 5.41 Å². The third-order valence-corrected chi connectivity index (χ3v) is 7.73. The van der Waals surface area contributed by atoms with E-state index in [0.29, 0.717) is 24.5 Å². The Hall–Kier alpha value is -3.44. The summed E-state index contributed by atoms with van der Waals surface area (Å²) < 4.78 is 35.2. The Morgan fingerprint density at radius 3 is 2.30 bits per heavy atom. The molecule has 0 fully saturated rings. The fraction of sp³-hybridized carbons (Fsp3) is 0.182. The maximum atomic E-state index is 12.5. The maximum absolute atomic E-state index is 12.5. The van der Waals surface area contributed by atoms with Gasteiger partial charge >= 0.3 is 0 Å². The number of hydrogen-bond acceptors (Lipinski definition) is 8. The number of amides is 1. The van der Waals surface area contributed by atoms with E-state index in [-0.39, 0.29) is 26.7 Å². The lowest BCUT2D eigenvalue weighted by Crippen LogP contribution is -2.35. The lowest BCUT2D eigenvalue weighted by Gasteiger charge is -2.20. The van der Waals surface area contributed by atoms with Crippen LogP contribution in [0.5, 0.6) is 11.5 Å². The van der Waals surface area contributed by atoms with Crippen molar-refractivity contribution in [3.63, 3.8) is 0 Å². The number of benzene rings is 2. The molecule has 0 bridgehead atoms. The standard InChI is InChI=1S/C22H20N4O5S2/c1-2-33(28,29)22-25-26-19(23)18(20(27)24-21(26)32-22)14-15-8-10-17(11-9-15)31-13-12-30-16-6-4-3-5-7-16/h3-11,14,23H,2,12-13H2,1H3/b18-14+,23-19?. The van der Waals surface area contributed by atoms with E-state index < -0.39 is 15.7 Å². The molecule has 2 aromatic carbocycles. The number of aliphatic imine (C=N–C) groups is 1. The predicted octanol–water partition coefficient (Wildman–Crippen LogP) is 3.16. The van der Waals surface area contributed by atoms with Crippen LogP contribution in [0.2, 0.25) is 0 Å². The minimum Gasteiger partial charge on any atom is -0.490 e. The van der Waals surface area contributed by atoms with Gasteiger partial charge in [-0.3, -0.25) is 10.2 Å². The second-order valence-corrected chi connectivity index (χ2v) is 10.3. The smallest absolute Gasteiger partial charge is 0.283 e. The molecule has 9 nitrogen and oxygen atoms in total. The molecule has 2 heterocycles. The predicted molar refractivity (Wildman–Crippen MR) is 128 cm³/mol. The second kappa shape index (κ2) is 9.59. The number of rotatable bonds is 7. The van der Waals surface area contributed by atoms with Gasteiger partial charge in [0.25, 0.3) is 5.91 Å². The van der Waals surface area contributed by atoms with Gasteiger partial charge in [0.15, 0.2) is 5.84 Å². The van der Waals surface area contributed by atoms with Gasteiger partial charge < -0.3 is 9.47 Å². The first-order chi connectivity index (χ1) is 15.9. The molecule has 11 heteroatoms. The molecular formula is C22H20N4O5S2. The molecule has 1 amide bonds. The number of nitrogens with zero attached hydrogens (tertiary/aromatic N) is 3. The molecule has 0 unspecified atom stereocenters. The summed E-state index contributed by atoms with van der Waals surface area (Å²) in [4.78, 5) is 16.4. The van der Waals surface area contributed by atoms with Crippen molar-refractivity contribution in [3.8, 4) is 11.5 Å². The van der Waals surface area contributed by atoms with Crippen LogP contribution in [0.1, 0.15) is 12.5 Å². The second-order valence-electron chi connectivity index (χ2n) is 6.87. The SMILES string of the molecule is CCS(=O)(=O)C1=NN2C(=N)/C(=C\c3ccc(OCCOc4ccccc4)cc3)C(=O)N=C2S1. The molecule has 170 valence electrons. The summed E-state index contributed by atoms with van der Waals surface area (Å²) in [7, 11) is -3.56. The van der Waals surface area contributed by atoms with Crippen LogP contribution in [0.4, 0.5) is 0 Å². The topological polar surface area (TPSA) is 121 Å². The number of carbonyl (C=O) groups excluding carboxylic acids is 1. The highest BCUT2D eigenvalue weighted by Gasteiger charge is 2.39.